The van der Waals surface area contributed by atoms with E-state index in [1.54, 1.807) is 13.8 Å². The van der Waals surface area contributed by atoms with Crippen LogP contribution in [-0.4, -0.2) is 46.6 Å². The molecule has 0 aromatic rings. The molecule has 6 nitrogen and oxygen atoms in total. The molecule has 0 radical (unpaired) electrons. The molecule has 258 valence electrons. The number of carboxylic acid groups (broad SMARTS) is 1. The largest absolute Gasteiger partial charge is 0.480 e. The zero-order chi connectivity index (χ0) is 36.2. The summed E-state index contributed by atoms with van der Waals surface area (Å²) in [4.78, 5) is 35.9. The molecule has 2 aliphatic carbocycles. The van der Waals surface area contributed by atoms with Gasteiger partial charge in [-0.05, 0) is 87.5 Å². The Bertz CT molecular complexity index is 1590. The van der Waals surface area contributed by atoms with Crippen molar-refractivity contribution in [1.29, 1.82) is 0 Å². The molecule has 0 amide bonds. The number of Topliss-reactive ketones (excluding diaryl/α,β-unsaturated/α-hetero) is 2. The minimum absolute atomic E-state index is 0.155. The van der Waals surface area contributed by atoms with Crippen LogP contribution in [0.5, 0.6) is 0 Å². The maximum absolute atomic E-state index is 12.8. The monoisotopic (exact) mass is 654 g/mol. The minimum atomic E-state index is -1.08. The van der Waals surface area contributed by atoms with Crippen molar-refractivity contribution in [3.05, 3.63) is 130 Å². The van der Waals surface area contributed by atoms with Crippen molar-refractivity contribution < 1.29 is 29.3 Å². The number of rotatable bonds is 13. The third kappa shape index (κ3) is 12.1. The van der Waals surface area contributed by atoms with Gasteiger partial charge in [0.1, 0.15) is 18.8 Å². The average molecular weight is 655 g/mol. The first-order valence-corrected chi connectivity index (χ1v) is 16.5. The van der Waals surface area contributed by atoms with Gasteiger partial charge in [-0.3, -0.25) is 9.59 Å². The summed E-state index contributed by atoms with van der Waals surface area (Å²) in [6, 6.07) is 0. The van der Waals surface area contributed by atoms with E-state index in [4.69, 9.17) is 9.84 Å². The van der Waals surface area contributed by atoms with E-state index >= 15 is 0 Å². The molecule has 0 saturated heterocycles. The van der Waals surface area contributed by atoms with E-state index in [1.807, 2.05) is 127 Å². The third-order valence-corrected chi connectivity index (χ3v) is 8.70. The molecule has 0 bridgehead atoms. The molecule has 48 heavy (non-hydrogen) atoms. The first-order chi connectivity index (χ1) is 22.4. The number of ether oxygens (including phenoxy) is 1. The number of hydrogen-bond acceptors (Lipinski definition) is 5. The Balaban J connectivity index is 1.96. The fourth-order valence-electron chi connectivity index (χ4n) is 5.90. The van der Waals surface area contributed by atoms with Crippen LogP contribution in [0.2, 0.25) is 0 Å². The lowest BCUT2D eigenvalue weighted by atomic mass is 9.71. The van der Waals surface area contributed by atoms with Gasteiger partial charge in [-0.1, -0.05) is 135 Å². The quantitative estimate of drug-likeness (QED) is 0.192. The second-order valence-corrected chi connectivity index (χ2v) is 14.1. The molecule has 0 heterocycles. The zero-order valence-electron chi connectivity index (χ0n) is 30.4. The van der Waals surface area contributed by atoms with Crippen LogP contribution in [0.3, 0.4) is 0 Å². The second-order valence-electron chi connectivity index (χ2n) is 14.1. The summed E-state index contributed by atoms with van der Waals surface area (Å²) in [5, 5.41) is 18.9. The number of aliphatic carboxylic acids is 1. The number of hydrogen-bond donors (Lipinski definition) is 2. The summed E-state index contributed by atoms with van der Waals surface area (Å²) in [6.45, 7) is 19.4. The van der Waals surface area contributed by atoms with Gasteiger partial charge in [0.05, 0.1) is 0 Å². The Morgan fingerprint density at radius 1 is 0.688 bits per heavy atom. The number of ketones is 2. The summed E-state index contributed by atoms with van der Waals surface area (Å²) in [6.07, 6.45) is 27.4. The van der Waals surface area contributed by atoms with Gasteiger partial charge in [-0.25, -0.2) is 4.79 Å². The van der Waals surface area contributed by atoms with E-state index in [0.717, 1.165) is 33.4 Å². The van der Waals surface area contributed by atoms with Gasteiger partial charge in [-0.2, -0.15) is 0 Å². The molecule has 0 fully saturated rings. The zero-order valence-corrected chi connectivity index (χ0v) is 30.4. The average Bonchev–Trinajstić information content (AvgIpc) is 2.98. The third-order valence-electron chi connectivity index (χ3n) is 8.70. The van der Waals surface area contributed by atoms with Gasteiger partial charge in [0.15, 0.2) is 11.6 Å². The molecular weight excluding hydrogens is 600 g/mol. The Kier molecular flexibility index (Phi) is 14.9. The molecular formula is C42H54O6. The van der Waals surface area contributed by atoms with Crippen LogP contribution < -0.4 is 0 Å². The lowest BCUT2D eigenvalue weighted by Gasteiger charge is -2.36. The Morgan fingerprint density at radius 3 is 1.54 bits per heavy atom. The van der Waals surface area contributed by atoms with E-state index < -0.39 is 24.8 Å². The van der Waals surface area contributed by atoms with Crippen molar-refractivity contribution in [3.63, 3.8) is 0 Å². The van der Waals surface area contributed by atoms with Crippen molar-refractivity contribution in [2.45, 2.75) is 94.3 Å². The van der Waals surface area contributed by atoms with Crippen LogP contribution in [0.1, 0.15) is 82.1 Å². The highest BCUT2D eigenvalue weighted by atomic mass is 16.5. The topological polar surface area (TPSA) is 101 Å². The molecule has 2 aliphatic rings. The highest BCUT2D eigenvalue weighted by Gasteiger charge is 2.39. The number of carboxylic acids is 1. The van der Waals surface area contributed by atoms with Gasteiger partial charge >= 0.3 is 5.97 Å². The SMILES string of the molecule is CC(C=CC=C(C)C=CC1=C(C)C(=O)C(O)CC1(C)C)=CC=CC=C(C)C=CC=C(C)C=CC1=C(C)C(=O)C(OCC(=O)O)CC1(C)C. The summed E-state index contributed by atoms with van der Waals surface area (Å²) in [7, 11) is 0. The van der Waals surface area contributed by atoms with Crippen LogP contribution in [0.4, 0.5) is 0 Å². The van der Waals surface area contributed by atoms with E-state index in [1.165, 1.54) is 0 Å². The van der Waals surface area contributed by atoms with Crippen molar-refractivity contribution in [2.75, 3.05) is 6.61 Å². The molecule has 2 N–H and O–H groups in total. The summed E-state index contributed by atoms with van der Waals surface area (Å²) >= 11 is 0. The highest BCUT2D eigenvalue weighted by Crippen LogP contribution is 2.41. The molecule has 2 unspecified atom stereocenters. The fourth-order valence-corrected chi connectivity index (χ4v) is 5.90. The van der Waals surface area contributed by atoms with E-state index in [2.05, 4.69) is 13.8 Å². The molecule has 0 aliphatic heterocycles. The summed E-state index contributed by atoms with van der Waals surface area (Å²) < 4.78 is 5.36. The van der Waals surface area contributed by atoms with E-state index in [-0.39, 0.29) is 22.4 Å². The van der Waals surface area contributed by atoms with Crippen LogP contribution in [0, 0.1) is 10.8 Å². The van der Waals surface area contributed by atoms with Crippen LogP contribution >= 0.6 is 0 Å². The van der Waals surface area contributed by atoms with Crippen molar-refractivity contribution in [3.8, 4) is 0 Å². The fraction of sp³-hybridized carbons (Fsp3) is 0.405. The smallest absolute Gasteiger partial charge is 0.329 e. The van der Waals surface area contributed by atoms with Gasteiger partial charge in [-0.15, -0.1) is 0 Å². The first kappa shape index (κ1) is 40.0. The number of aliphatic hydroxyl groups excluding tert-OH is 1. The van der Waals surface area contributed by atoms with Crippen LogP contribution in [-0.2, 0) is 19.1 Å². The maximum atomic E-state index is 12.8. The predicted octanol–water partition coefficient (Wildman–Crippen LogP) is 9.01. The maximum Gasteiger partial charge on any atom is 0.329 e. The molecule has 2 rings (SSSR count). The van der Waals surface area contributed by atoms with E-state index in [0.29, 0.717) is 24.0 Å². The normalized spacial score (nSPS) is 23.4. The van der Waals surface area contributed by atoms with Gasteiger partial charge < -0.3 is 14.9 Å². The highest BCUT2D eigenvalue weighted by molar-refractivity contribution is 6.01. The van der Waals surface area contributed by atoms with Crippen LogP contribution in [0.25, 0.3) is 0 Å². The van der Waals surface area contributed by atoms with Gasteiger partial charge in [0, 0.05) is 0 Å². The van der Waals surface area contributed by atoms with Crippen LogP contribution in [0.15, 0.2) is 130 Å². The lowest BCUT2D eigenvalue weighted by molar-refractivity contribution is -0.148. The molecule has 0 saturated carbocycles. The molecule has 0 spiro atoms. The Hall–Kier alpha value is -4.13. The summed E-state index contributed by atoms with van der Waals surface area (Å²) in [5.41, 5.74) is 6.88. The second kappa shape index (κ2) is 17.9. The number of allylic oxidation sites excluding steroid dienone is 20. The molecule has 6 heteroatoms. The van der Waals surface area contributed by atoms with E-state index in [9.17, 15) is 19.5 Å². The van der Waals surface area contributed by atoms with Gasteiger partial charge in [0.25, 0.3) is 0 Å². The van der Waals surface area contributed by atoms with Crippen molar-refractivity contribution in [2.24, 2.45) is 10.8 Å². The molecule has 0 aromatic heterocycles. The Morgan fingerprint density at radius 2 is 1.08 bits per heavy atom. The number of carbonyl (C=O) groups is 3. The number of aliphatic hydroxyl groups is 1. The molecule has 0 aromatic carbocycles. The van der Waals surface area contributed by atoms with Gasteiger partial charge in [0.2, 0.25) is 0 Å². The lowest BCUT2D eigenvalue weighted by Crippen LogP contribution is -2.38. The Labute approximate surface area is 287 Å². The number of carbonyl (C=O) groups excluding carboxylic acids is 2. The van der Waals surface area contributed by atoms with Crippen molar-refractivity contribution >= 4 is 17.5 Å². The molecule has 2 atom stereocenters. The predicted molar refractivity (Wildman–Crippen MR) is 196 cm³/mol. The first-order valence-electron chi connectivity index (χ1n) is 16.5. The summed E-state index contributed by atoms with van der Waals surface area (Å²) in [5.74, 6) is -1.42. The standard InChI is InChI=1S/C42H54O6/c1-28(17-13-19-30(3)21-23-34-32(5)39(46)36(43)25-41(34,7)8)15-11-12-16-29(2)18-14-20-31(4)22-24-35-33(6)40(47)37(26-42(35,9)10)48-27-38(44)45/h11-24,36-37,43H,25-27H2,1-10H3,(H,44,45). The van der Waals surface area contributed by atoms with Crippen molar-refractivity contribution in [1.82, 2.24) is 0 Å². The minimum Gasteiger partial charge on any atom is -0.480 e.